The van der Waals surface area contributed by atoms with Crippen LogP contribution in [0, 0.1) is 6.92 Å². The van der Waals surface area contributed by atoms with E-state index in [4.69, 9.17) is 16.3 Å². The summed E-state index contributed by atoms with van der Waals surface area (Å²) < 4.78 is 34.7. The molecule has 4 heterocycles. The minimum Gasteiger partial charge on any atom is -0.378 e. The van der Waals surface area contributed by atoms with Gasteiger partial charge in [-0.3, -0.25) is 9.36 Å². The highest BCUT2D eigenvalue weighted by Gasteiger charge is 2.31. The zero-order chi connectivity index (χ0) is 23.8. The van der Waals surface area contributed by atoms with Crippen LogP contribution in [0.3, 0.4) is 0 Å². The number of fused-ring (bicyclic) bond motifs is 1. The smallest absolute Gasteiger partial charge is 0.296 e. The molecule has 2 aliphatic rings. The van der Waals surface area contributed by atoms with E-state index in [0.717, 1.165) is 5.56 Å². The summed E-state index contributed by atoms with van der Waals surface area (Å²) in [6.07, 6.45) is -2.83. The van der Waals surface area contributed by atoms with E-state index in [1.54, 1.807) is 17.0 Å². The van der Waals surface area contributed by atoms with Crippen molar-refractivity contribution < 1.29 is 18.3 Å². The van der Waals surface area contributed by atoms with Crippen LogP contribution in [0.25, 0.3) is 17.0 Å². The van der Waals surface area contributed by atoms with E-state index in [9.17, 15) is 13.6 Å². The Morgan fingerprint density at radius 3 is 2.62 bits per heavy atom. The van der Waals surface area contributed by atoms with Crippen LogP contribution < -0.4 is 10.2 Å². The van der Waals surface area contributed by atoms with Gasteiger partial charge in [-0.15, -0.1) is 11.6 Å². The van der Waals surface area contributed by atoms with E-state index in [-0.39, 0.29) is 29.7 Å². The molecule has 2 fully saturated rings. The van der Waals surface area contributed by atoms with Gasteiger partial charge < -0.3 is 19.9 Å². The van der Waals surface area contributed by atoms with Crippen LogP contribution in [-0.4, -0.2) is 86.6 Å². The van der Waals surface area contributed by atoms with E-state index in [2.05, 4.69) is 25.3 Å². The minimum absolute atomic E-state index is 0.0513. The van der Waals surface area contributed by atoms with Crippen molar-refractivity contribution in [1.82, 2.24) is 29.4 Å². The van der Waals surface area contributed by atoms with Crippen molar-refractivity contribution in [2.45, 2.75) is 19.4 Å². The molecule has 0 aliphatic carbocycles. The normalized spacial score (nSPS) is 16.9. The molecule has 1 N–H and O–H groups in total. The lowest BCUT2D eigenvalue weighted by Gasteiger charge is -2.39. The first-order valence-corrected chi connectivity index (χ1v) is 11.4. The SMILES string of the molecule is Cc1cccc2c1nc(C(F)F)n2-c1nc(NC2CN(C(=O)CCl)C2)nc(N2CCOCC2)n1. The number of morpholine rings is 1. The Bertz CT molecular complexity index is 1210. The zero-order valence-corrected chi connectivity index (χ0v) is 19.2. The van der Waals surface area contributed by atoms with Crippen molar-refractivity contribution in [1.29, 1.82) is 0 Å². The molecular weight excluding hydrogens is 470 g/mol. The lowest BCUT2D eigenvalue weighted by Crippen LogP contribution is -2.57. The number of carbonyl (C=O) groups is 1. The number of para-hydroxylation sites is 1. The van der Waals surface area contributed by atoms with Gasteiger partial charge in [0, 0.05) is 26.2 Å². The quantitative estimate of drug-likeness (QED) is 0.522. The van der Waals surface area contributed by atoms with Gasteiger partial charge in [-0.1, -0.05) is 12.1 Å². The molecule has 3 aromatic rings. The molecule has 2 aromatic heterocycles. The average Bonchev–Trinajstić information content (AvgIpc) is 3.22. The second kappa shape index (κ2) is 9.26. The molecule has 0 radical (unpaired) electrons. The third-order valence-corrected chi connectivity index (χ3v) is 6.12. The number of amides is 1. The molecule has 0 spiro atoms. The summed E-state index contributed by atoms with van der Waals surface area (Å²) in [6.45, 7) is 4.88. The van der Waals surface area contributed by atoms with Crippen molar-refractivity contribution in [2.24, 2.45) is 0 Å². The minimum atomic E-state index is -2.83. The summed E-state index contributed by atoms with van der Waals surface area (Å²) in [7, 11) is 0. The highest BCUT2D eigenvalue weighted by molar-refractivity contribution is 6.27. The maximum absolute atomic E-state index is 14.0. The highest BCUT2D eigenvalue weighted by Crippen LogP contribution is 2.29. The molecule has 0 bridgehead atoms. The number of nitrogens with zero attached hydrogens (tertiary/aromatic N) is 7. The molecule has 1 aromatic carbocycles. The van der Waals surface area contributed by atoms with Gasteiger partial charge in [0.1, 0.15) is 5.88 Å². The van der Waals surface area contributed by atoms with Crippen LogP contribution in [0.1, 0.15) is 17.8 Å². The Kier molecular flexibility index (Phi) is 6.17. The molecule has 34 heavy (non-hydrogen) atoms. The topological polar surface area (TPSA) is 101 Å². The number of benzene rings is 1. The molecule has 0 unspecified atom stereocenters. The molecule has 13 heteroatoms. The second-order valence-electron chi connectivity index (χ2n) is 8.18. The van der Waals surface area contributed by atoms with E-state index in [1.165, 1.54) is 4.57 Å². The fourth-order valence-corrected chi connectivity index (χ4v) is 4.25. The Morgan fingerprint density at radius 1 is 1.18 bits per heavy atom. The van der Waals surface area contributed by atoms with Gasteiger partial charge in [0.05, 0.1) is 30.3 Å². The van der Waals surface area contributed by atoms with Gasteiger partial charge in [-0.25, -0.2) is 13.8 Å². The number of hydrogen-bond donors (Lipinski definition) is 1. The fourth-order valence-electron chi connectivity index (χ4n) is 4.08. The van der Waals surface area contributed by atoms with Crippen LogP contribution in [0.15, 0.2) is 18.2 Å². The number of ether oxygens (including phenoxy) is 1. The number of imidazole rings is 1. The first kappa shape index (κ1) is 22.7. The average molecular weight is 493 g/mol. The standard InChI is InChI=1S/C21H23ClF2N8O2/c1-12-3-2-4-14-16(12)26-18(17(23)24)32(14)21-28-19(25-13-10-31(11-13)15(33)9-22)27-20(29-21)30-5-7-34-8-6-30/h2-4,13,17H,5-11H2,1H3,(H,25,27,28,29). The van der Waals surface area contributed by atoms with E-state index in [0.29, 0.717) is 56.4 Å². The van der Waals surface area contributed by atoms with Gasteiger partial charge in [0.25, 0.3) is 6.43 Å². The summed E-state index contributed by atoms with van der Waals surface area (Å²) in [4.78, 5) is 33.0. The Labute approximate surface area is 198 Å². The lowest BCUT2D eigenvalue weighted by molar-refractivity contribution is -0.132. The van der Waals surface area contributed by atoms with Crippen molar-refractivity contribution in [3.8, 4) is 5.95 Å². The third-order valence-electron chi connectivity index (χ3n) is 5.90. The molecule has 0 saturated carbocycles. The fraction of sp³-hybridized carbons (Fsp3) is 0.476. The molecule has 1 amide bonds. The number of hydrogen-bond acceptors (Lipinski definition) is 8. The van der Waals surface area contributed by atoms with Gasteiger partial charge >= 0.3 is 0 Å². The highest BCUT2D eigenvalue weighted by atomic mass is 35.5. The van der Waals surface area contributed by atoms with Crippen molar-refractivity contribution in [2.75, 3.05) is 55.5 Å². The zero-order valence-electron chi connectivity index (χ0n) is 18.4. The van der Waals surface area contributed by atoms with Gasteiger partial charge in [-0.2, -0.15) is 15.0 Å². The van der Waals surface area contributed by atoms with Crippen LogP contribution in [0.4, 0.5) is 20.7 Å². The molecule has 0 atom stereocenters. The summed E-state index contributed by atoms with van der Waals surface area (Å²) in [5, 5.41) is 3.20. The molecular formula is C21H23ClF2N8O2. The maximum Gasteiger partial charge on any atom is 0.296 e. The van der Waals surface area contributed by atoms with Crippen LogP contribution in [0.2, 0.25) is 0 Å². The number of nitrogens with one attached hydrogen (secondary N) is 1. The number of carbonyl (C=O) groups excluding carboxylic acids is 1. The Hall–Kier alpha value is -3.12. The van der Waals surface area contributed by atoms with Crippen LogP contribution in [0.5, 0.6) is 0 Å². The number of aromatic nitrogens is 5. The van der Waals surface area contributed by atoms with Crippen LogP contribution >= 0.6 is 11.6 Å². The molecule has 10 nitrogen and oxygen atoms in total. The number of alkyl halides is 3. The van der Waals surface area contributed by atoms with E-state index < -0.39 is 12.2 Å². The number of aryl methyl sites for hydroxylation is 1. The molecule has 180 valence electrons. The molecule has 2 aliphatic heterocycles. The van der Waals surface area contributed by atoms with Crippen LogP contribution in [-0.2, 0) is 9.53 Å². The number of rotatable bonds is 6. The Balaban J connectivity index is 1.56. The maximum atomic E-state index is 14.0. The van der Waals surface area contributed by atoms with E-state index >= 15 is 0 Å². The van der Waals surface area contributed by atoms with Crippen molar-refractivity contribution >= 4 is 40.4 Å². The van der Waals surface area contributed by atoms with Gasteiger partial charge in [0.2, 0.25) is 23.8 Å². The third kappa shape index (κ3) is 4.23. The Morgan fingerprint density at radius 2 is 1.91 bits per heavy atom. The van der Waals surface area contributed by atoms with E-state index in [1.807, 2.05) is 17.9 Å². The van der Waals surface area contributed by atoms with Gasteiger partial charge in [-0.05, 0) is 18.6 Å². The van der Waals surface area contributed by atoms with Gasteiger partial charge in [0.15, 0.2) is 5.82 Å². The summed E-state index contributed by atoms with van der Waals surface area (Å²) in [5.74, 6) is -0.00484. The molecule has 5 rings (SSSR count). The summed E-state index contributed by atoms with van der Waals surface area (Å²) in [6, 6.07) is 5.23. The predicted molar refractivity (Wildman–Crippen MR) is 122 cm³/mol. The van der Waals surface area contributed by atoms with Crippen molar-refractivity contribution in [3.05, 3.63) is 29.6 Å². The van der Waals surface area contributed by atoms with Crippen molar-refractivity contribution in [3.63, 3.8) is 0 Å². The largest absolute Gasteiger partial charge is 0.378 e. The summed E-state index contributed by atoms with van der Waals surface area (Å²) >= 11 is 5.62. The number of halogens is 3. The second-order valence-corrected chi connectivity index (χ2v) is 8.45. The first-order valence-electron chi connectivity index (χ1n) is 10.9. The summed E-state index contributed by atoms with van der Waals surface area (Å²) in [5.41, 5.74) is 1.73. The number of anilines is 2. The monoisotopic (exact) mass is 492 g/mol. The lowest BCUT2D eigenvalue weighted by atomic mass is 10.1. The molecule has 2 saturated heterocycles. The predicted octanol–water partition coefficient (Wildman–Crippen LogP) is 2.15. The first-order chi connectivity index (χ1) is 16.4. The number of likely N-dealkylation sites (tertiary alicyclic amines) is 1.